The second-order valence-electron chi connectivity index (χ2n) is 5.16. The SMILES string of the molecule is O=C1c2ccccc2C2CC3(CCN12)SCCS3. The second-order valence-corrected chi connectivity index (χ2v) is 8.38. The zero-order valence-corrected chi connectivity index (χ0v) is 11.7. The second kappa shape index (κ2) is 3.94. The van der Waals surface area contributed by atoms with Gasteiger partial charge in [0, 0.05) is 23.6 Å². The highest BCUT2D eigenvalue weighted by Gasteiger charge is 2.48. The molecule has 2 nitrogen and oxygen atoms in total. The Bertz CT molecular complexity index is 510. The molecule has 94 valence electrons. The molecule has 4 rings (SSSR count). The maximum absolute atomic E-state index is 12.3. The number of hydrogen-bond acceptors (Lipinski definition) is 3. The molecule has 0 bridgehead atoms. The Kier molecular flexibility index (Phi) is 2.46. The van der Waals surface area contributed by atoms with Crippen molar-refractivity contribution in [3.63, 3.8) is 0 Å². The Hall–Kier alpha value is -0.610. The van der Waals surface area contributed by atoms with E-state index in [4.69, 9.17) is 0 Å². The summed E-state index contributed by atoms with van der Waals surface area (Å²) in [6, 6.07) is 8.50. The molecule has 18 heavy (non-hydrogen) atoms. The van der Waals surface area contributed by atoms with Gasteiger partial charge in [-0.1, -0.05) is 18.2 Å². The number of rotatable bonds is 0. The zero-order valence-electron chi connectivity index (χ0n) is 10.1. The van der Waals surface area contributed by atoms with Gasteiger partial charge in [0.2, 0.25) is 0 Å². The summed E-state index contributed by atoms with van der Waals surface area (Å²) in [5.74, 6) is 2.79. The predicted molar refractivity (Wildman–Crippen MR) is 77.1 cm³/mol. The van der Waals surface area contributed by atoms with Crippen LogP contribution in [0.1, 0.15) is 34.8 Å². The minimum absolute atomic E-state index is 0.249. The largest absolute Gasteiger partial charge is 0.331 e. The summed E-state index contributed by atoms with van der Waals surface area (Å²) in [5.41, 5.74) is 2.20. The Morgan fingerprint density at radius 1 is 1.22 bits per heavy atom. The lowest BCUT2D eigenvalue weighted by molar-refractivity contribution is 0.0669. The molecule has 0 aliphatic carbocycles. The standard InChI is InChI=1S/C14H15NOS2/c16-13-11-4-2-1-3-10(11)12-9-14(5-6-15(12)13)17-7-8-18-14/h1-4,12H,5-9H2. The fourth-order valence-corrected chi connectivity index (χ4v) is 6.64. The van der Waals surface area contributed by atoms with Crippen molar-refractivity contribution in [2.24, 2.45) is 0 Å². The van der Waals surface area contributed by atoms with Crippen LogP contribution in [-0.4, -0.2) is 32.9 Å². The molecule has 1 amide bonds. The molecule has 1 unspecified atom stereocenters. The summed E-state index contributed by atoms with van der Waals surface area (Å²) in [4.78, 5) is 14.4. The van der Waals surface area contributed by atoms with E-state index in [1.54, 1.807) is 0 Å². The molecule has 4 heteroatoms. The number of carbonyl (C=O) groups is 1. The molecule has 3 heterocycles. The average molecular weight is 277 g/mol. The first-order chi connectivity index (χ1) is 8.79. The highest BCUT2D eigenvalue weighted by molar-refractivity contribution is 8.21. The van der Waals surface area contributed by atoms with Gasteiger partial charge in [-0.25, -0.2) is 0 Å². The van der Waals surface area contributed by atoms with Gasteiger partial charge in [-0.05, 0) is 24.5 Å². The van der Waals surface area contributed by atoms with Crippen LogP contribution in [0.5, 0.6) is 0 Å². The van der Waals surface area contributed by atoms with Gasteiger partial charge in [0.25, 0.3) is 5.91 Å². The van der Waals surface area contributed by atoms with Crippen LogP contribution in [0.15, 0.2) is 24.3 Å². The van der Waals surface area contributed by atoms with E-state index in [0.29, 0.717) is 10.1 Å². The molecule has 0 saturated carbocycles. The van der Waals surface area contributed by atoms with Crippen molar-refractivity contribution < 1.29 is 4.79 Å². The third kappa shape index (κ3) is 1.48. The summed E-state index contributed by atoms with van der Waals surface area (Å²) in [5, 5.41) is 0. The molecular weight excluding hydrogens is 262 g/mol. The summed E-state index contributed by atoms with van der Waals surface area (Å²) in [6.07, 6.45) is 2.28. The number of nitrogens with zero attached hydrogens (tertiary/aromatic N) is 1. The summed E-state index contributed by atoms with van der Waals surface area (Å²) in [7, 11) is 0. The van der Waals surface area contributed by atoms with E-state index < -0.39 is 0 Å². The molecular formula is C14H15NOS2. The molecule has 1 aromatic carbocycles. The number of amides is 1. The van der Waals surface area contributed by atoms with Crippen LogP contribution in [0.2, 0.25) is 0 Å². The number of piperidine rings is 1. The first-order valence-corrected chi connectivity index (χ1v) is 8.44. The molecule has 0 N–H and O–H groups in total. The first kappa shape index (κ1) is 11.2. The van der Waals surface area contributed by atoms with Crippen LogP contribution in [-0.2, 0) is 0 Å². The van der Waals surface area contributed by atoms with Crippen molar-refractivity contribution in [1.29, 1.82) is 0 Å². The predicted octanol–water partition coefficient (Wildman–Crippen LogP) is 3.15. The average Bonchev–Trinajstić information content (AvgIpc) is 2.96. The molecule has 0 radical (unpaired) electrons. The minimum atomic E-state index is 0.249. The Labute approximate surface area is 116 Å². The molecule has 3 aliphatic heterocycles. The van der Waals surface area contributed by atoms with Crippen LogP contribution in [0.3, 0.4) is 0 Å². The Morgan fingerprint density at radius 3 is 2.83 bits per heavy atom. The van der Waals surface area contributed by atoms with Crippen molar-refractivity contribution in [3.8, 4) is 0 Å². The smallest absolute Gasteiger partial charge is 0.254 e. The van der Waals surface area contributed by atoms with Gasteiger partial charge in [0.15, 0.2) is 0 Å². The van der Waals surface area contributed by atoms with Gasteiger partial charge in [-0.2, -0.15) is 0 Å². The zero-order chi connectivity index (χ0) is 12.2. The quantitative estimate of drug-likeness (QED) is 0.726. The van der Waals surface area contributed by atoms with Crippen LogP contribution < -0.4 is 0 Å². The monoisotopic (exact) mass is 277 g/mol. The van der Waals surface area contributed by atoms with Gasteiger partial charge in [-0.15, -0.1) is 23.5 Å². The van der Waals surface area contributed by atoms with Crippen molar-refractivity contribution in [2.45, 2.75) is 23.0 Å². The molecule has 2 saturated heterocycles. The lowest BCUT2D eigenvalue weighted by Gasteiger charge is -2.41. The third-order valence-electron chi connectivity index (χ3n) is 4.24. The van der Waals surface area contributed by atoms with Gasteiger partial charge in [0.05, 0.1) is 10.1 Å². The van der Waals surface area contributed by atoms with Gasteiger partial charge < -0.3 is 4.90 Å². The number of thioether (sulfide) groups is 2. The maximum atomic E-state index is 12.3. The molecule has 2 fully saturated rings. The van der Waals surface area contributed by atoms with Crippen LogP contribution >= 0.6 is 23.5 Å². The first-order valence-electron chi connectivity index (χ1n) is 6.47. The van der Waals surface area contributed by atoms with Crippen molar-refractivity contribution in [3.05, 3.63) is 35.4 Å². The van der Waals surface area contributed by atoms with Crippen LogP contribution in [0, 0.1) is 0 Å². The number of hydrogen-bond donors (Lipinski definition) is 0. The summed E-state index contributed by atoms with van der Waals surface area (Å²) >= 11 is 4.23. The van der Waals surface area contributed by atoms with E-state index in [0.717, 1.165) is 24.9 Å². The van der Waals surface area contributed by atoms with E-state index in [2.05, 4.69) is 40.6 Å². The van der Waals surface area contributed by atoms with E-state index in [1.165, 1.54) is 17.1 Å². The summed E-state index contributed by atoms with van der Waals surface area (Å²) < 4.78 is 0.388. The topological polar surface area (TPSA) is 20.3 Å². The lowest BCUT2D eigenvalue weighted by Crippen LogP contribution is -2.41. The van der Waals surface area contributed by atoms with Crippen LogP contribution in [0.4, 0.5) is 0 Å². The van der Waals surface area contributed by atoms with Gasteiger partial charge in [0.1, 0.15) is 0 Å². The fourth-order valence-electron chi connectivity index (χ4n) is 3.37. The third-order valence-corrected chi connectivity index (χ3v) is 7.81. The maximum Gasteiger partial charge on any atom is 0.254 e. The van der Waals surface area contributed by atoms with Crippen LogP contribution in [0.25, 0.3) is 0 Å². The van der Waals surface area contributed by atoms with Gasteiger partial charge >= 0.3 is 0 Å². The van der Waals surface area contributed by atoms with E-state index >= 15 is 0 Å². The van der Waals surface area contributed by atoms with E-state index in [1.807, 2.05) is 12.1 Å². The highest BCUT2D eigenvalue weighted by Crippen LogP contribution is 2.56. The molecule has 0 aromatic heterocycles. The van der Waals surface area contributed by atoms with Gasteiger partial charge in [-0.3, -0.25) is 4.79 Å². The number of carbonyl (C=O) groups excluding carboxylic acids is 1. The normalized spacial score (nSPS) is 28.6. The molecule has 3 aliphatic rings. The fraction of sp³-hybridized carbons (Fsp3) is 0.500. The number of benzene rings is 1. The molecule has 1 aromatic rings. The summed E-state index contributed by atoms with van der Waals surface area (Å²) in [6.45, 7) is 0.929. The number of fused-ring (bicyclic) bond motifs is 3. The lowest BCUT2D eigenvalue weighted by atomic mass is 9.97. The van der Waals surface area contributed by atoms with Crippen molar-refractivity contribution >= 4 is 29.4 Å². The van der Waals surface area contributed by atoms with Crippen molar-refractivity contribution in [2.75, 3.05) is 18.1 Å². The Morgan fingerprint density at radius 2 is 2.00 bits per heavy atom. The Balaban J connectivity index is 1.73. The molecule has 1 atom stereocenters. The highest BCUT2D eigenvalue weighted by atomic mass is 32.2. The van der Waals surface area contributed by atoms with E-state index in [9.17, 15) is 4.79 Å². The van der Waals surface area contributed by atoms with Crippen molar-refractivity contribution in [1.82, 2.24) is 4.90 Å². The molecule has 1 spiro atoms. The minimum Gasteiger partial charge on any atom is -0.331 e. The van der Waals surface area contributed by atoms with E-state index in [-0.39, 0.29) is 5.91 Å².